The Labute approximate surface area is 121 Å². The second-order valence-electron chi connectivity index (χ2n) is 4.69. The van der Waals surface area contributed by atoms with Gasteiger partial charge in [0.25, 0.3) is 5.56 Å². The third-order valence-electron chi connectivity index (χ3n) is 3.24. The van der Waals surface area contributed by atoms with Crippen LogP contribution >= 0.6 is 0 Å². The van der Waals surface area contributed by atoms with Crippen molar-refractivity contribution < 1.29 is 0 Å². The monoisotopic (exact) mass is 281 g/mol. The number of allylic oxidation sites excluding steroid dienone is 1. The van der Waals surface area contributed by atoms with Crippen LogP contribution < -0.4 is 11.3 Å². The number of hydrogen-bond donors (Lipinski definition) is 2. The van der Waals surface area contributed by atoms with Crippen molar-refractivity contribution >= 4 is 23.2 Å². The molecule has 3 N–H and O–H groups in total. The number of H-pyrrole nitrogens is 1. The number of nitrogen functional groups attached to an aromatic ring is 1. The first-order chi connectivity index (χ1) is 10.2. The molecule has 106 valence electrons. The topological polar surface area (TPSA) is 89.6 Å². The normalized spacial score (nSPS) is 11.5. The van der Waals surface area contributed by atoms with Gasteiger partial charge in [-0.3, -0.25) is 9.78 Å². The van der Waals surface area contributed by atoms with E-state index in [1.165, 1.54) is 0 Å². The number of nitrogens with zero attached hydrogens (tertiary/aromatic N) is 3. The Balaban J connectivity index is 2.09. The van der Waals surface area contributed by atoms with E-state index in [4.69, 9.17) is 5.73 Å². The van der Waals surface area contributed by atoms with Gasteiger partial charge in [-0.05, 0) is 18.1 Å². The Kier molecular flexibility index (Phi) is 3.27. The average Bonchev–Trinajstić information content (AvgIpc) is 2.85. The molecule has 0 unspecified atom stereocenters. The van der Waals surface area contributed by atoms with Gasteiger partial charge in [-0.25, -0.2) is 4.98 Å². The fraction of sp³-hybridized carbons (Fsp3) is 0.133. The Morgan fingerprint density at radius 1 is 1.38 bits per heavy atom. The minimum Gasteiger partial charge on any atom is -0.369 e. The number of hydrogen-bond acceptors (Lipinski definition) is 4. The van der Waals surface area contributed by atoms with E-state index in [-0.39, 0.29) is 11.5 Å². The highest BCUT2D eigenvalue weighted by Crippen LogP contribution is 2.15. The highest BCUT2D eigenvalue weighted by atomic mass is 16.1. The lowest BCUT2D eigenvalue weighted by Crippen LogP contribution is -2.12. The van der Waals surface area contributed by atoms with Crippen LogP contribution in [0.4, 0.5) is 5.95 Å². The van der Waals surface area contributed by atoms with Gasteiger partial charge in [0.1, 0.15) is 0 Å². The Morgan fingerprint density at radius 2 is 2.19 bits per heavy atom. The molecule has 3 rings (SSSR count). The number of rotatable bonds is 3. The van der Waals surface area contributed by atoms with Crippen LogP contribution in [0.3, 0.4) is 0 Å². The van der Waals surface area contributed by atoms with E-state index in [9.17, 15) is 4.79 Å². The van der Waals surface area contributed by atoms with E-state index in [2.05, 4.69) is 15.0 Å². The van der Waals surface area contributed by atoms with Crippen LogP contribution in [0.5, 0.6) is 0 Å². The molecule has 2 aromatic heterocycles. The van der Waals surface area contributed by atoms with E-state index in [0.717, 1.165) is 11.1 Å². The summed E-state index contributed by atoms with van der Waals surface area (Å²) in [6.07, 6.45) is 5.65. The summed E-state index contributed by atoms with van der Waals surface area (Å²) in [5.74, 6) is 0.0935. The summed E-state index contributed by atoms with van der Waals surface area (Å²) in [4.78, 5) is 22.5. The molecular weight excluding hydrogens is 266 g/mol. The summed E-state index contributed by atoms with van der Waals surface area (Å²) >= 11 is 0. The molecule has 0 atom stereocenters. The lowest BCUT2D eigenvalue weighted by Gasteiger charge is -2.07. The minimum atomic E-state index is -0.321. The zero-order chi connectivity index (χ0) is 14.8. The van der Waals surface area contributed by atoms with Gasteiger partial charge < -0.3 is 10.3 Å². The first-order valence-corrected chi connectivity index (χ1v) is 6.60. The van der Waals surface area contributed by atoms with Gasteiger partial charge in [-0.1, -0.05) is 36.4 Å². The Morgan fingerprint density at radius 3 is 3.00 bits per heavy atom. The van der Waals surface area contributed by atoms with Crippen molar-refractivity contribution in [2.45, 2.75) is 13.5 Å². The Hall–Kier alpha value is -2.89. The number of nitrogens with one attached hydrogen (secondary N) is 1. The van der Waals surface area contributed by atoms with Crippen molar-refractivity contribution in [2.24, 2.45) is 0 Å². The molecule has 0 aliphatic rings. The maximum absolute atomic E-state index is 11.8. The number of imidazole rings is 1. The van der Waals surface area contributed by atoms with Crippen LogP contribution in [0.25, 0.3) is 17.2 Å². The molecule has 6 heteroatoms. The van der Waals surface area contributed by atoms with Gasteiger partial charge in [0.2, 0.25) is 5.95 Å². The highest BCUT2D eigenvalue weighted by molar-refractivity contribution is 5.70. The third-order valence-corrected chi connectivity index (χ3v) is 3.24. The fourth-order valence-corrected chi connectivity index (χ4v) is 2.29. The van der Waals surface area contributed by atoms with E-state index in [1.54, 1.807) is 6.33 Å². The Bertz CT molecular complexity index is 875. The number of fused-ring (bicyclic) bond motifs is 1. The van der Waals surface area contributed by atoms with Gasteiger partial charge >= 0.3 is 0 Å². The molecule has 0 bridgehead atoms. The van der Waals surface area contributed by atoms with Crippen LogP contribution in [-0.4, -0.2) is 19.5 Å². The van der Waals surface area contributed by atoms with Crippen LogP contribution in [0.2, 0.25) is 0 Å². The van der Waals surface area contributed by atoms with Gasteiger partial charge in [0.05, 0.1) is 12.9 Å². The van der Waals surface area contributed by atoms with Crippen molar-refractivity contribution in [3.8, 4) is 0 Å². The van der Waals surface area contributed by atoms with Crippen LogP contribution in [0, 0.1) is 0 Å². The van der Waals surface area contributed by atoms with Crippen LogP contribution in [-0.2, 0) is 6.54 Å². The summed E-state index contributed by atoms with van der Waals surface area (Å²) in [5, 5.41) is 0. The summed E-state index contributed by atoms with van der Waals surface area (Å²) < 4.78 is 1.82. The van der Waals surface area contributed by atoms with Gasteiger partial charge in [-0.15, -0.1) is 0 Å². The second-order valence-corrected chi connectivity index (χ2v) is 4.69. The van der Waals surface area contributed by atoms with Crippen molar-refractivity contribution in [3.05, 3.63) is 58.1 Å². The maximum Gasteiger partial charge on any atom is 0.280 e. The van der Waals surface area contributed by atoms with Gasteiger partial charge in [-0.2, -0.15) is 4.98 Å². The van der Waals surface area contributed by atoms with Crippen molar-refractivity contribution in [1.82, 2.24) is 19.5 Å². The SMILES string of the molecule is C/C=C/c1ccccc1Cn1cnc2c(=O)[nH]c(N)nc21. The zero-order valence-electron chi connectivity index (χ0n) is 11.6. The predicted molar refractivity (Wildman–Crippen MR) is 82.8 cm³/mol. The smallest absolute Gasteiger partial charge is 0.280 e. The van der Waals surface area contributed by atoms with Crippen molar-refractivity contribution in [3.63, 3.8) is 0 Å². The molecular formula is C15H15N5O. The van der Waals surface area contributed by atoms with Crippen LogP contribution in [0.15, 0.2) is 41.5 Å². The third kappa shape index (κ3) is 2.43. The maximum atomic E-state index is 11.8. The van der Waals surface area contributed by atoms with E-state index in [1.807, 2.05) is 47.9 Å². The van der Waals surface area contributed by atoms with Crippen molar-refractivity contribution in [2.75, 3.05) is 5.73 Å². The molecule has 0 aliphatic heterocycles. The average molecular weight is 281 g/mol. The van der Waals surface area contributed by atoms with Crippen LogP contribution in [0.1, 0.15) is 18.1 Å². The van der Waals surface area contributed by atoms with Crippen molar-refractivity contribution in [1.29, 1.82) is 0 Å². The minimum absolute atomic E-state index is 0.0935. The summed E-state index contributed by atoms with van der Waals surface area (Å²) in [6.45, 7) is 2.55. The molecule has 1 aromatic carbocycles. The molecule has 3 aromatic rings. The first-order valence-electron chi connectivity index (χ1n) is 6.60. The summed E-state index contributed by atoms with van der Waals surface area (Å²) in [7, 11) is 0. The van der Waals surface area contributed by atoms with E-state index < -0.39 is 0 Å². The molecule has 0 saturated carbocycles. The molecule has 6 nitrogen and oxygen atoms in total. The molecule has 21 heavy (non-hydrogen) atoms. The zero-order valence-corrected chi connectivity index (χ0v) is 11.6. The highest BCUT2D eigenvalue weighted by Gasteiger charge is 2.10. The molecule has 0 radical (unpaired) electrons. The standard InChI is InChI=1S/C15H15N5O/c1-2-5-10-6-3-4-7-11(10)8-20-9-17-12-13(20)18-15(16)19-14(12)21/h2-7,9H,8H2,1H3,(H3,16,18,19,21)/b5-2+. The first kappa shape index (κ1) is 13.1. The number of aromatic amines is 1. The predicted octanol–water partition coefficient (Wildman–Crippen LogP) is 1.78. The molecule has 2 heterocycles. The lowest BCUT2D eigenvalue weighted by atomic mass is 10.1. The lowest BCUT2D eigenvalue weighted by molar-refractivity contribution is 0.812. The largest absolute Gasteiger partial charge is 0.369 e. The quantitative estimate of drug-likeness (QED) is 0.765. The molecule has 0 amide bonds. The number of nitrogens with two attached hydrogens (primary N) is 1. The number of benzene rings is 1. The number of anilines is 1. The molecule has 0 spiro atoms. The van der Waals surface area contributed by atoms with Gasteiger partial charge in [0.15, 0.2) is 11.2 Å². The van der Waals surface area contributed by atoms with Gasteiger partial charge in [0, 0.05) is 0 Å². The fourth-order valence-electron chi connectivity index (χ4n) is 2.29. The second kappa shape index (κ2) is 5.24. The van der Waals surface area contributed by atoms with E-state index >= 15 is 0 Å². The summed E-state index contributed by atoms with van der Waals surface area (Å²) in [5.41, 5.74) is 8.32. The van der Waals surface area contributed by atoms with E-state index in [0.29, 0.717) is 17.7 Å². The summed E-state index contributed by atoms with van der Waals surface area (Å²) in [6, 6.07) is 8.06. The molecule has 0 saturated heterocycles. The molecule has 0 aliphatic carbocycles. The molecule has 0 fully saturated rings. The number of aromatic nitrogens is 4.